The summed E-state index contributed by atoms with van der Waals surface area (Å²) in [6, 6.07) is 6.23. The van der Waals surface area contributed by atoms with Crippen molar-refractivity contribution in [1.82, 2.24) is 19.7 Å². The van der Waals surface area contributed by atoms with Gasteiger partial charge in [-0.3, -0.25) is 9.48 Å². The van der Waals surface area contributed by atoms with Crippen molar-refractivity contribution in [3.05, 3.63) is 62.9 Å². The van der Waals surface area contributed by atoms with Crippen LogP contribution in [0.1, 0.15) is 58.3 Å². The van der Waals surface area contributed by atoms with Crippen LogP contribution in [-0.2, 0) is 40.2 Å². The molecule has 0 radical (unpaired) electrons. The van der Waals surface area contributed by atoms with Gasteiger partial charge in [0.25, 0.3) is 0 Å². The number of piperidine rings is 1. The van der Waals surface area contributed by atoms with Gasteiger partial charge < -0.3 is 19.5 Å². The molecule has 5 rings (SSSR count). The minimum Gasteiger partial charge on any atom is -0.508 e. The smallest absolute Gasteiger partial charge is 0.435 e. The molecule has 192 valence electrons. The molecule has 0 bridgehead atoms. The van der Waals surface area contributed by atoms with Gasteiger partial charge >= 0.3 is 6.18 Å². The van der Waals surface area contributed by atoms with E-state index in [0.29, 0.717) is 49.5 Å². The maximum Gasteiger partial charge on any atom is 0.435 e. The highest BCUT2D eigenvalue weighted by atomic mass is 32.1. The lowest BCUT2D eigenvalue weighted by Gasteiger charge is -2.31. The van der Waals surface area contributed by atoms with Crippen LogP contribution in [0.2, 0.25) is 0 Å². The number of aromatic hydroxyl groups is 1. The Morgan fingerprint density at radius 3 is 2.69 bits per heavy atom. The van der Waals surface area contributed by atoms with E-state index in [9.17, 15) is 23.1 Å². The number of halogens is 3. The molecule has 0 aliphatic carbocycles. The minimum absolute atomic E-state index is 0.170. The molecular formula is C24H25F3N4O4S. The van der Waals surface area contributed by atoms with Crippen LogP contribution in [0.15, 0.2) is 29.6 Å². The summed E-state index contributed by atoms with van der Waals surface area (Å²) >= 11 is 1.52. The molecule has 12 heteroatoms. The van der Waals surface area contributed by atoms with Gasteiger partial charge in [0.2, 0.25) is 12.2 Å². The van der Waals surface area contributed by atoms with Gasteiger partial charge in [0.15, 0.2) is 5.69 Å². The van der Waals surface area contributed by atoms with E-state index in [-0.39, 0.29) is 30.7 Å². The van der Waals surface area contributed by atoms with Crippen LogP contribution in [0, 0.1) is 6.92 Å². The first kappa shape index (κ1) is 24.7. The second-order valence-electron chi connectivity index (χ2n) is 8.96. The number of nitrogens with zero attached hydrogens (tertiary/aromatic N) is 4. The van der Waals surface area contributed by atoms with Crippen LogP contribution >= 0.6 is 11.3 Å². The molecule has 8 nitrogen and oxygen atoms in total. The van der Waals surface area contributed by atoms with Gasteiger partial charge in [0.1, 0.15) is 18.0 Å². The van der Waals surface area contributed by atoms with E-state index in [1.807, 2.05) is 11.4 Å². The predicted molar refractivity (Wildman–Crippen MR) is 123 cm³/mol. The Morgan fingerprint density at radius 1 is 1.22 bits per heavy atom. The number of carbonyl (C=O) groups is 1. The summed E-state index contributed by atoms with van der Waals surface area (Å²) in [5.41, 5.74) is 1.57. The Morgan fingerprint density at radius 2 is 1.97 bits per heavy atom. The molecule has 4 heterocycles. The van der Waals surface area contributed by atoms with E-state index in [4.69, 9.17) is 14.5 Å². The van der Waals surface area contributed by atoms with Crippen molar-refractivity contribution < 1.29 is 32.5 Å². The van der Waals surface area contributed by atoms with E-state index < -0.39 is 18.2 Å². The third kappa shape index (κ3) is 5.11. The zero-order chi connectivity index (χ0) is 25.4. The molecule has 2 aliphatic heterocycles. The van der Waals surface area contributed by atoms with Gasteiger partial charge in [-0.25, -0.2) is 4.98 Å². The van der Waals surface area contributed by atoms with Crippen molar-refractivity contribution in [1.29, 1.82) is 0 Å². The zero-order valence-electron chi connectivity index (χ0n) is 19.5. The fraction of sp³-hybridized carbons (Fsp3) is 0.458. The van der Waals surface area contributed by atoms with Crippen LogP contribution in [0.25, 0.3) is 0 Å². The van der Waals surface area contributed by atoms with Crippen molar-refractivity contribution in [2.45, 2.75) is 57.9 Å². The van der Waals surface area contributed by atoms with Crippen molar-refractivity contribution in [2.75, 3.05) is 13.1 Å². The first-order chi connectivity index (χ1) is 17.2. The quantitative estimate of drug-likeness (QED) is 0.542. The second kappa shape index (κ2) is 9.83. The molecular weight excluding hydrogens is 497 g/mol. The predicted octanol–water partition coefficient (Wildman–Crippen LogP) is 4.52. The Kier molecular flexibility index (Phi) is 6.75. The standard InChI is InChI=1S/C24H25F3N4O4S/c1-14-9-20(24(25,26)27)29-31(14)10-21(33)30-7-5-15(6-8-30)22-28-18(13-36-22)23-34-11-16-3-2-4-19(32)17(16)12-35-23/h2-4,9,13,15,23,32H,5-8,10-12H2,1H3. The van der Waals surface area contributed by atoms with Gasteiger partial charge in [-0.2, -0.15) is 18.3 Å². The number of aromatic nitrogens is 3. The lowest BCUT2D eigenvalue weighted by Crippen LogP contribution is -2.40. The largest absolute Gasteiger partial charge is 0.508 e. The van der Waals surface area contributed by atoms with Gasteiger partial charge in [-0.1, -0.05) is 12.1 Å². The number of phenolic OH excluding ortho intramolecular Hbond substituents is 1. The fourth-order valence-corrected chi connectivity index (χ4v) is 5.47. The summed E-state index contributed by atoms with van der Waals surface area (Å²) in [7, 11) is 0. The van der Waals surface area contributed by atoms with Crippen LogP contribution in [0.4, 0.5) is 13.2 Å². The topological polar surface area (TPSA) is 89.7 Å². The number of benzene rings is 1. The molecule has 1 N–H and O–H groups in total. The van der Waals surface area contributed by atoms with Crippen LogP contribution < -0.4 is 0 Å². The summed E-state index contributed by atoms with van der Waals surface area (Å²) in [5.74, 6) is 0.0971. The lowest BCUT2D eigenvalue weighted by atomic mass is 9.97. The highest BCUT2D eigenvalue weighted by Gasteiger charge is 2.35. The molecule has 1 saturated heterocycles. The average Bonchev–Trinajstić information content (AvgIpc) is 3.41. The van der Waals surface area contributed by atoms with Crippen LogP contribution in [0.5, 0.6) is 5.75 Å². The first-order valence-electron chi connectivity index (χ1n) is 11.6. The summed E-state index contributed by atoms with van der Waals surface area (Å²) < 4.78 is 51.5. The third-order valence-corrected chi connectivity index (χ3v) is 7.58. The highest BCUT2D eigenvalue weighted by molar-refractivity contribution is 7.09. The van der Waals surface area contributed by atoms with Crippen molar-refractivity contribution >= 4 is 17.2 Å². The highest BCUT2D eigenvalue weighted by Crippen LogP contribution is 2.35. The minimum atomic E-state index is -4.54. The molecule has 1 unspecified atom stereocenters. The molecule has 1 amide bonds. The van der Waals surface area contributed by atoms with Crippen molar-refractivity contribution in [3.63, 3.8) is 0 Å². The Bertz CT molecular complexity index is 1250. The molecule has 36 heavy (non-hydrogen) atoms. The Balaban J connectivity index is 1.16. The van der Waals surface area contributed by atoms with Crippen LogP contribution in [0.3, 0.4) is 0 Å². The molecule has 1 aromatic carbocycles. The summed E-state index contributed by atoms with van der Waals surface area (Å²) in [4.78, 5) is 19.1. The number of aryl methyl sites for hydroxylation is 1. The van der Waals surface area contributed by atoms with E-state index in [2.05, 4.69) is 5.10 Å². The monoisotopic (exact) mass is 522 g/mol. The molecule has 3 aromatic rings. The third-order valence-electron chi connectivity index (χ3n) is 6.55. The van der Waals surface area contributed by atoms with Gasteiger partial charge in [-0.05, 0) is 37.5 Å². The average molecular weight is 523 g/mol. The number of rotatable bonds is 4. The molecule has 0 saturated carbocycles. The molecule has 2 aliphatic rings. The number of hydrogen-bond donors (Lipinski definition) is 1. The molecule has 0 spiro atoms. The number of ether oxygens (including phenoxy) is 2. The van der Waals surface area contributed by atoms with E-state index in [1.165, 1.54) is 18.3 Å². The number of hydrogen-bond acceptors (Lipinski definition) is 7. The number of likely N-dealkylation sites (tertiary alicyclic amines) is 1. The number of phenols is 1. The fourth-order valence-electron chi connectivity index (χ4n) is 4.48. The van der Waals surface area contributed by atoms with Crippen molar-refractivity contribution in [2.24, 2.45) is 0 Å². The van der Waals surface area contributed by atoms with E-state index >= 15 is 0 Å². The molecule has 1 fully saturated rings. The summed E-state index contributed by atoms with van der Waals surface area (Å²) in [6.07, 6.45) is -3.77. The zero-order valence-corrected chi connectivity index (χ0v) is 20.3. The summed E-state index contributed by atoms with van der Waals surface area (Å²) in [5, 5.41) is 16.5. The number of amides is 1. The number of thiazole rings is 1. The summed E-state index contributed by atoms with van der Waals surface area (Å²) in [6.45, 7) is 2.81. The maximum absolute atomic E-state index is 12.9. The van der Waals surface area contributed by atoms with E-state index in [0.717, 1.165) is 21.3 Å². The normalized spacial score (nSPS) is 19.2. The Hall–Kier alpha value is -2.96. The Labute approximate surface area is 209 Å². The maximum atomic E-state index is 12.9. The first-order valence-corrected chi connectivity index (χ1v) is 12.4. The van der Waals surface area contributed by atoms with E-state index in [1.54, 1.807) is 17.0 Å². The second-order valence-corrected chi connectivity index (χ2v) is 9.85. The SMILES string of the molecule is Cc1cc(C(F)(F)F)nn1CC(=O)N1CCC(c2nc(C3OCc4cccc(O)c4CO3)cs2)CC1. The molecule has 2 aromatic heterocycles. The number of fused-ring (bicyclic) bond motifs is 1. The van der Waals surface area contributed by atoms with Gasteiger partial charge in [0.05, 0.1) is 18.2 Å². The van der Waals surface area contributed by atoms with Gasteiger partial charge in [0, 0.05) is 35.6 Å². The van der Waals surface area contributed by atoms with Gasteiger partial charge in [-0.15, -0.1) is 11.3 Å². The lowest BCUT2D eigenvalue weighted by molar-refractivity contribution is -0.155. The van der Waals surface area contributed by atoms with Crippen LogP contribution in [-0.4, -0.2) is 43.8 Å². The molecule has 1 atom stereocenters. The number of alkyl halides is 3. The number of carbonyl (C=O) groups excluding carboxylic acids is 1. The van der Waals surface area contributed by atoms with Crippen molar-refractivity contribution in [3.8, 4) is 5.75 Å².